The van der Waals surface area contributed by atoms with E-state index in [2.05, 4.69) is 31.2 Å². The molecule has 6 heteroatoms. The molecule has 5 nitrogen and oxygen atoms in total. The first-order valence-corrected chi connectivity index (χ1v) is 6.01. The Morgan fingerprint density at radius 1 is 1.39 bits per heavy atom. The Hall–Kier alpha value is -2.08. The van der Waals surface area contributed by atoms with Crippen molar-refractivity contribution in [1.82, 2.24) is 9.97 Å². The summed E-state index contributed by atoms with van der Waals surface area (Å²) in [5, 5.41) is 3.48. The topological polar surface area (TPSA) is 70.9 Å². The number of halogens is 1. The van der Waals surface area contributed by atoms with Gasteiger partial charge in [-0.1, -0.05) is 15.9 Å². The summed E-state index contributed by atoms with van der Waals surface area (Å²) in [7, 11) is 0. The van der Waals surface area contributed by atoms with Crippen molar-refractivity contribution in [2.45, 2.75) is 0 Å². The highest BCUT2D eigenvalue weighted by atomic mass is 79.9. The van der Waals surface area contributed by atoms with Crippen LogP contribution in [0.25, 0.3) is 11.0 Å². The lowest BCUT2D eigenvalue weighted by Crippen LogP contribution is -2.11. The molecular formula is C12H8BrN3O2. The number of nitrogens with zero attached hydrogens (tertiary/aromatic N) is 1. The number of nitrogens with one attached hydrogen (secondary N) is 2. The van der Waals surface area contributed by atoms with E-state index in [4.69, 9.17) is 4.42 Å². The largest absolute Gasteiger partial charge is 0.451 e. The minimum Gasteiger partial charge on any atom is -0.451 e. The predicted octanol–water partition coefficient (Wildman–Crippen LogP) is 3.17. The molecule has 0 aliphatic rings. The molecule has 2 aromatic heterocycles. The van der Waals surface area contributed by atoms with E-state index in [1.54, 1.807) is 18.5 Å². The Morgan fingerprint density at radius 2 is 2.28 bits per heavy atom. The van der Waals surface area contributed by atoms with Crippen LogP contribution < -0.4 is 5.32 Å². The second-order valence-electron chi connectivity index (χ2n) is 3.68. The van der Waals surface area contributed by atoms with Gasteiger partial charge in [0.2, 0.25) is 5.95 Å². The number of aromatic nitrogens is 2. The molecule has 0 saturated carbocycles. The Balaban J connectivity index is 1.92. The molecule has 18 heavy (non-hydrogen) atoms. The molecule has 0 unspecified atom stereocenters. The Bertz CT molecular complexity index is 703. The molecule has 0 atom stereocenters. The Morgan fingerprint density at radius 3 is 3.06 bits per heavy atom. The number of anilines is 1. The van der Waals surface area contributed by atoms with Gasteiger partial charge in [0.25, 0.3) is 5.91 Å². The van der Waals surface area contributed by atoms with Gasteiger partial charge in [-0.05, 0) is 24.3 Å². The molecule has 1 aromatic carbocycles. The van der Waals surface area contributed by atoms with Gasteiger partial charge < -0.3 is 9.40 Å². The highest BCUT2D eigenvalue weighted by Crippen LogP contribution is 2.23. The van der Waals surface area contributed by atoms with Gasteiger partial charge in [0.1, 0.15) is 5.58 Å². The van der Waals surface area contributed by atoms with Gasteiger partial charge in [-0.25, -0.2) is 4.98 Å². The summed E-state index contributed by atoms with van der Waals surface area (Å²) >= 11 is 3.35. The lowest BCUT2D eigenvalue weighted by molar-refractivity contribution is 0.0998. The molecule has 0 saturated heterocycles. The average Bonchev–Trinajstić information content (AvgIpc) is 2.96. The van der Waals surface area contributed by atoms with Crippen LogP contribution in [-0.4, -0.2) is 15.9 Å². The fourth-order valence-electron chi connectivity index (χ4n) is 1.62. The van der Waals surface area contributed by atoms with Gasteiger partial charge in [-0.2, -0.15) is 0 Å². The number of hydrogen-bond donors (Lipinski definition) is 2. The molecule has 0 aliphatic heterocycles. The van der Waals surface area contributed by atoms with Crippen molar-refractivity contribution in [3.8, 4) is 0 Å². The number of rotatable bonds is 2. The quantitative estimate of drug-likeness (QED) is 0.764. The van der Waals surface area contributed by atoms with Crippen LogP contribution in [0.2, 0.25) is 0 Å². The van der Waals surface area contributed by atoms with E-state index >= 15 is 0 Å². The van der Waals surface area contributed by atoms with Crippen molar-refractivity contribution in [3.05, 3.63) is 46.9 Å². The normalized spacial score (nSPS) is 10.7. The van der Waals surface area contributed by atoms with Gasteiger partial charge >= 0.3 is 0 Å². The van der Waals surface area contributed by atoms with Crippen LogP contribution in [0.3, 0.4) is 0 Å². The molecule has 1 amide bonds. The first-order valence-electron chi connectivity index (χ1n) is 5.22. The highest BCUT2D eigenvalue weighted by Gasteiger charge is 2.13. The number of aromatic amines is 1. The summed E-state index contributed by atoms with van der Waals surface area (Å²) in [6.45, 7) is 0. The molecule has 0 fully saturated rings. The summed E-state index contributed by atoms with van der Waals surface area (Å²) in [5.74, 6) is 0.304. The van der Waals surface area contributed by atoms with E-state index < -0.39 is 0 Å². The van der Waals surface area contributed by atoms with Crippen LogP contribution in [0.5, 0.6) is 0 Å². The summed E-state index contributed by atoms with van der Waals surface area (Å²) in [6, 6.07) is 7.29. The first-order chi connectivity index (χ1) is 8.72. The van der Waals surface area contributed by atoms with E-state index in [0.29, 0.717) is 11.5 Å². The molecular weight excluding hydrogens is 298 g/mol. The molecule has 0 spiro atoms. The van der Waals surface area contributed by atoms with Crippen molar-refractivity contribution in [1.29, 1.82) is 0 Å². The van der Waals surface area contributed by atoms with Crippen LogP contribution >= 0.6 is 15.9 Å². The zero-order valence-electron chi connectivity index (χ0n) is 9.11. The Kier molecular flexibility index (Phi) is 2.64. The maximum Gasteiger partial charge on any atom is 0.293 e. The highest BCUT2D eigenvalue weighted by molar-refractivity contribution is 9.10. The van der Waals surface area contributed by atoms with E-state index in [0.717, 1.165) is 9.86 Å². The molecule has 0 aliphatic carbocycles. The number of hydrogen-bond acceptors (Lipinski definition) is 3. The smallest absolute Gasteiger partial charge is 0.293 e. The van der Waals surface area contributed by atoms with Gasteiger partial charge in [-0.3, -0.25) is 10.1 Å². The van der Waals surface area contributed by atoms with Crippen LogP contribution in [-0.2, 0) is 0 Å². The molecule has 0 bridgehead atoms. The van der Waals surface area contributed by atoms with Gasteiger partial charge in [0.05, 0.1) is 0 Å². The van der Waals surface area contributed by atoms with Crippen molar-refractivity contribution in [2.75, 3.05) is 5.32 Å². The third-order valence-corrected chi connectivity index (χ3v) is 2.93. The molecule has 0 radical (unpaired) electrons. The standard InChI is InChI=1S/C12H8BrN3O2/c13-8-2-1-7-5-10(18-9(7)6-8)11(17)16-12-14-3-4-15-12/h1-6H,(H2,14,15,16,17). The summed E-state index contributed by atoms with van der Waals surface area (Å²) in [5.41, 5.74) is 0.661. The molecule has 90 valence electrons. The van der Waals surface area contributed by atoms with Gasteiger partial charge in [-0.15, -0.1) is 0 Å². The predicted molar refractivity (Wildman–Crippen MR) is 70.5 cm³/mol. The fourth-order valence-corrected chi connectivity index (χ4v) is 1.96. The maximum atomic E-state index is 11.9. The lowest BCUT2D eigenvalue weighted by atomic mass is 10.2. The number of furan rings is 1. The van der Waals surface area contributed by atoms with Crippen LogP contribution in [0.15, 0.2) is 45.5 Å². The SMILES string of the molecule is O=C(Nc1ncc[nH]1)c1cc2ccc(Br)cc2o1. The number of imidazole rings is 1. The summed E-state index contributed by atoms with van der Waals surface area (Å²) in [4.78, 5) is 18.6. The van der Waals surface area contributed by atoms with Crippen molar-refractivity contribution in [2.24, 2.45) is 0 Å². The third-order valence-electron chi connectivity index (χ3n) is 2.44. The van der Waals surface area contributed by atoms with Crippen LogP contribution in [0, 0.1) is 0 Å². The third kappa shape index (κ3) is 2.02. The minimum atomic E-state index is -0.336. The number of carbonyl (C=O) groups excluding carboxylic acids is 1. The first kappa shape index (κ1) is 11.0. The fraction of sp³-hybridized carbons (Fsp3) is 0. The van der Waals surface area contributed by atoms with E-state index in [9.17, 15) is 4.79 Å². The van der Waals surface area contributed by atoms with Crippen molar-refractivity contribution in [3.63, 3.8) is 0 Å². The van der Waals surface area contributed by atoms with Crippen molar-refractivity contribution < 1.29 is 9.21 Å². The monoisotopic (exact) mass is 305 g/mol. The van der Waals surface area contributed by atoms with E-state index in [1.807, 2.05) is 18.2 Å². The maximum absolute atomic E-state index is 11.9. The summed E-state index contributed by atoms with van der Waals surface area (Å²) < 4.78 is 6.38. The number of carbonyl (C=O) groups is 1. The molecule has 3 rings (SSSR count). The van der Waals surface area contributed by atoms with E-state index in [-0.39, 0.29) is 11.7 Å². The summed E-state index contributed by atoms with van der Waals surface area (Å²) in [6.07, 6.45) is 3.19. The lowest BCUT2D eigenvalue weighted by Gasteiger charge is -1.96. The zero-order valence-corrected chi connectivity index (χ0v) is 10.7. The van der Waals surface area contributed by atoms with Gasteiger partial charge in [0, 0.05) is 22.3 Å². The minimum absolute atomic E-state index is 0.250. The van der Waals surface area contributed by atoms with Crippen LogP contribution in [0.1, 0.15) is 10.6 Å². The average molecular weight is 306 g/mol. The number of benzene rings is 1. The second-order valence-corrected chi connectivity index (χ2v) is 4.60. The van der Waals surface area contributed by atoms with Crippen molar-refractivity contribution >= 4 is 38.8 Å². The van der Waals surface area contributed by atoms with Gasteiger partial charge in [0.15, 0.2) is 5.76 Å². The van der Waals surface area contributed by atoms with Crippen LogP contribution in [0.4, 0.5) is 5.95 Å². The Labute approximate surface area is 110 Å². The molecule has 3 aromatic rings. The number of H-pyrrole nitrogens is 1. The zero-order chi connectivity index (χ0) is 12.5. The van der Waals surface area contributed by atoms with E-state index in [1.165, 1.54) is 0 Å². The second kappa shape index (κ2) is 4.30. The number of fused-ring (bicyclic) bond motifs is 1. The number of amides is 1. The molecule has 2 N–H and O–H groups in total. The molecule has 2 heterocycles.